The Morgan fingerprint density at radius 1 is 1.65 bits per heavy atom. The first kappa shape index (κ1) is 12.1. The average Bonchev–Trinajstić information content (AvgIpc) is 2.99. The van der Waals surface area contributed by atoms with Crippen molar-refractivity contribution in [2.45, 2.75) is 25.6 Å². The van der Waals surface area contributed by atoms with Crippen LogP contribution in [0.4, 0.5) is 0 Å². The van der Waals surface area contributed by atoms with Crippen LogP contribution in [0.25, 0.3) is 0 Å². The monoisotopic (exact) mass is 240 g/mol. The second-order valence-corrected chi connectivity index (χ2v) is 3.93. The van der Waals surface area contributed by atoms with Crippen molar-refractivity contribution < 1.29 is 18.7 Å². The Hall–Kier alpha value is -1.37. The number of furan rings is 1. The number of nitrogen functional groups attached to an aromatic ring is 1. The lowest BCUT2D eigenvalue weighted by Gasteiger charge is -2.08. The van der Waals surface area contributed by atoms with Gasteiger partial charge in [0.15, 0.2) is 0 Å². The summed E-state index contributed by atoms with van der Waals surface area (Å²) in [5, 5.41) is 0. The molecule has 6 heteroatoms. The van der Waals surface area contributed by atoms with Crippen LogP contribution in [0.2, 0.25) is 0 Å². The molecule has 0 aliphatic carbocycles. The van der Waals surface area contributed by atoms with Gasteiger partial charge in [0, 0.05) is 6.61 Å². The van der Waals surface area contributed by atoms with Gasteiger partial charge in [0.25, 0.3) is 5.91 Å². The van der Waals surface area contributed by atoms with Crippen molar-refractivity contribution in [2.24, 2.45) is 5.84 Å². The number of hydrogen-bond donors (Lipinski definition) is 2. The summed E-state index contributed by atoms with van der Waals surface area (Å²) < 4.78 is 16.0. The van der Waals surface area contributed by atoms with E-state index in [1.807, 2.05) is 5.43 Å². The molecule has 1 aliphatic rings. The van der Waals surface area contributed by atoms with Gasteiger partial charge in [-0.3, -0.25) is 10.2 Å². The number of amides is 1. The average molecular weight is 240 g/mol. The molecule has 0 saturated carbocycles. The van der Waals surface area contributed by atoms with Crippen LogP contribution in [0, 0.1) is 0 Å². The molecular formula is C11H16N2O4. The molecule has 0 aromatic carbocycles. The number of hydrogen-bond acceptors (Lipinski definition) is 5. The van der Waals surface area contributed by atoms with Gasteiger partial charge in [0.05, 0.1) is 18.3 Å². The summed E-state index contributed by atoms with van der Waals surface area (Å²) in [6.07, 6.45) is 3.68. The van der Waals surface area contributed by atoms with E-state index in [1.54, 1.807) is 6.07 Å². The fraction of sp³-hybridized carbons (Fsp3) is 0.545. The highest BCUT2D eigenvalue weighted by molar-refractivity contribution is 5.93. The molecule has 1 aromatic heterocycles. The third-order valence-corrected chi connectivity index (χ3v) is 2.62. The molecular weight excluding hydrogens is 224 g/mol. The van der Waals surface area contributed by atoms with Crippen LogP contribution >= 0.6 is 0 Å². The van der Waals surface area contributed by atoms with Crippen molar-refractivity contribution in [3.05, 3.63) is 23.7 Å². The number of carbonyl (C=O) groups excluding carboxylic acids is 1. The third kappa shape index (κ3) is 3.29. The zero-order chi connectivity index (χ0) is 12.1. The van der Waals surface area contributed by atoms with Crippen LogP contribution in [0.3, 0.4) is 0 Å². The molecule has 1 fully saturated rings. The minimum atomic E-state index is -0.376. The molecule has 1 atom stereocenters. The van der Waals surface area contributed by atoms with E-state index < -0.39 is 0 Å². The Morgan fingerprint density at radius 3 is 3.24 bits per heavy atom. The lowest BCUT2D eigenvalue weighted by molar-refractivity contribution is 0.00581. The minimum absolute atomic E-state index is 0.191. The van der Waals surface area contributed by atoms with Gasteiger partial charge in [0.2, 0.25) is 0 Å². The molecule has 1 unspecified atom stereocenters. The number of ether oxygens (including phenoxy) is 2. The van der Waals surface area contributed by atoms with Gasteiger partial charge in [0.1, 0.15) is 18.6 Å². The predicted molar refractivity (Wildman–Crippen MR) is 59.0 cm³/mol. The lowest BCUT2D eigenvalue weighted by atomic mass is 10.2. The number of carbonyl (C=O) groups is 1. The van der Waals surface area contributed by atoms with E-state index in [4.69, 9.17) is 19.7 Å². The van der Waals surface area contributed by atoms with E-state index in [9.17, 15) is 4.79 Å². The first-order chi connectivity index (χ1) is 8.29. The Balaban J connectivity index is 1.74. The second kappa shape index (κ2) is 5.81. The molecule has 1 aromatic rings. The summed E-state index contributed by atoms with van der Waals surface area (Å²) in [7, 11) is 0. The molecule has 0 spiro atoms. The summed E-state index contributed by atoms with van der Waals surface area (Å²) in [5.74, 6) is 5.23. The maximum absolute atomic E-state index is 11.2. The maximum Gasteiger partial charge on any atom is 0.268 e. The summed E-state index contributed by atoms with van der Waals surface area (Å²) in [4.78, 5) is 11.2. The SMILES string of the molecule is NNC(=O)c1coc(COCC2CCCO2)c1. The molecule has 0 bridgehead atoms. The molecule has 2 heterocycles. The van der Waals surface area contributed by atoms with Gasteiger partial charge < -0.3 is 13.9 Å². The van der Waals surface area contributed by atoms with Gasteiger partial charge in [-0.05, 0) is 18.9 Å². The second-order valence-electron chi connectivity index (χ2n) is 3.93. The van der Waals surface area contributed by atoms with Crippen LogP contribution < -0.4 is 11.3 Å². The molecule has 1 aliphatic heterocycles. The highest BCUT2D eigenvalue weighted by atomic mass is 16.5. The van der Waals surface area contributed by atoms with Crippen LogP contribution in [-0.4, -0.2) is 25.2 Å². The fourth-order valence-electron chi connectivity index (χ4n) is 1.73. The van der Waals surface area contributed by atoms with E-state index in [1.165, 1.54) is 6.26 Å². The Morgan fingerprint density at radius 2 is 2.53 bits per heavy atom. The zero-order valence-corrected chi connectivity index (χ0v) is 9.48. The number of hydrazine groups is 1. The topological polar surface area (TPSA) is 86.7 Å². The normalized spacial score (nSPS) is 19.5. The van der Waals surface area contributed by atoms with Gasteiger partial charge in [-0.2, -0.15) is 0 Å². The van der Waals surface area contributed by atoms with Crippen LogP contribution in [0.5, 0.6) is 0 Å². The van der Waals surface area contributed by atoms with Crippen molar-refractivity contribution in [1.29, 1.82) is 0 Å². The van der Waals surface area contributed by atoms with Gasteiger partial charge in [-0.25, -0.2) is 5.84 Å². The molecule has 1 amide bonds. The van der Waals surface area contributed by atoms with E-state index in [2.05, 4.69) is 0 Å². The smallest absolute Gasteiger partial charge is 0.268 e. The highest BCUT2D eigenvalue weighted by Gasteiger charge is 2.16. The molecule has 1 saturated heterocycles. The summed E-state index contributed by atoms with van der Waals surface area (Å²) in [6.45, 7) is 1.70. The minimum Gasteiger partial charge on any atom is -0.466 e. The molecule has 2 rings (SSSR count). The van der Waals surface area contributed by atoms with Crippen molar-refractivity contribution >= 4 is 5.91 Å². The first-order valence-electron chi connectivity index (χ1n) is 5.57. The molecule has 3 N–H and O–H groups in total. The van der Waals surface area contributed by atoms with Crippen LogP contribution in [-0.2, 0) is 16.1 Å². The van der Waals surface area contributed by atoms with Crippen molar-refractivity contribution in [1.82, 2.24) is 5.43 Å². The Kier molecular flexibility index (Phi) is 4.13. The van der Waals surface area contributed by atoms with Gasteiger partial charge >= 0.3 is 0 Å². The number of rotatable bonds is 5. The van der Waals surface area contributed by atoms with Crippen molar-refractivity contribution in [3.8, 4) is 0 Å². The maximum atomic E-state index is 11.2. The predicted octanol–water partition coefficient (Wildman–Crippen LogP) is 0.579. The largest absolute Gasteiger partial charge is 0.466 e. The summed E-state index contributed by atoms with van der Waals surface area (Å²) in [5.41, 5.74) is 2.43. The van der Waals surface area contributed by atoms with Gasteiger partial charge in [-0.15, -0.1) is 0 Å². The number of nitrogens with two attached hydrogens (primary N) is 1. The summed E-state index contributed by atoms with van der Waals surface area (Å²) in [6, 6.07) is 1.61. The van der Waals surface area contributed by atoms with E-state index in [0.717, 1.165) is 19.4 Å². The van der Waals surface area contributed by atoms with Crippen LogP contribution in [0.15, 0.2) is 16.7 Å². The third-order valence-electron chi connectivity index (χ3n) is 2.62. The Labute approximate surface area is 99.0 Å². The quantitative estimate of drug-likeness (QED) is 0.446. The molecule has 17 heavy (non-hydrogen) atoms. The highest BCUT2D eigenvalue weighted by Crippen LogP contribution is 2.14. The lowest BCUT2D eigenvalue weighted by Crippen LogP contribution is -2.29. The van der Waals surface area contributed by atoms with E-state index in [-0.39, 0.29) is 12.0 Å². The Bertz CT molecular complexity index is 371. The zero-order valence-electron chi connectivity index (χ0n) is 9.48. The van der Waals surface area contributed by atoms with Gasteiger partial charge in [-0.1, -0.05) is 0 Å². The molecule has 6 nitrogen and oxygen atoms in total. The standard InChI is InChI=1S/C11H16N2O4/c12-13-11(14)8-4-10(17-5-8)7-15-6-9-2-1-3-16-9/h4-5,9H,1-3,6-7,12H2,(H,13,14). The molecule has 94 valence electrons. The van der Waals surface area contributed by atoms with E-state index in [0.29, 0.717) is 24.5 Å². The van der Waals surface area contributed by atoms with Crippen molar-refractivity contribution in [2.75, 3.05) is 13.2 Å². The van der Waals surface area contributed by atoms with Crippen LogP contribution in [0.1, 0.15) is 29.0 Å². The fourth-order valence-corrected chi connectivity index (χ4v) is 1.73. The number of nitrogens with one attached hydrogen (secondary N) is 1. The van der Waals surface area contributed by atoms with Crippen molar-refractivity contribution in [3.63, 3.8) is 0 Å². The summed E-state index contributed by atoms with van der Waals surface area (Å²) >= 11 is 0. The first-order valence-corrected chi connectivity index (χ1v) is 5.57. The molecule has 0 radical (unpaired) electrons. The van der Waals surface area contributed by atoms with E-state index >= 15 is 0 Å².